The van der Waals surface area contributed by atoms with E-state index in [-0.39, 0.29) is 28.9 Å². The molecule has 8 heteroatoms. The molecule has 0 heterocycles. The molecule has 0 aliphatic rings. The number of hydrogen-bond acceptors (Lipinski definition) is 7. The van der Waals surface area contributed by atoms with Gasteiger partial charge >= 0.3 is 23.9 Å². The maximum atomic E-state index is 11.3. The molecule has 0 aliphatic carbocycles. The molecule has 0 aliphatic heterocycles. The van der Waals surface area contributed by atoms with E-state index in [1.165, 1.54) is 38.5 Å². The highest BCUT2D eigenvalue weighted by Gasteiger charge is 2.17. The van der Waals surface area contributed by atoms with E-state index in [0.29, 0.717) is 0 Å². The molecule has 0 saturated carbocycles. The van der Waals surface area contributed by atoms with Crippen molar-refractivity contribution in [2.75, 3.05) is 20.8 Å². The second kappa shape index (κ2) is 11.1. The molecule has 0 unspecified atom stereocenters. The Morgan fingerprint density at radius 1 is 0.714 bits per heavy atom. The Hall–Kier alpha value is -3.68. The summed E-state index contributed by atoms with van der Waals surface area (Å²) in [6, 6.07) is 12.3. The van der Waals surface area contributed by atoms with E-state index < -0.39 is 23.9 Å². The number of benzene rings is 2. The predicted molar refractivity (Wildman–Crippen MR) is 98.5 cm³/mol. The van der Waals surface area contributed by atoms with E-state index in [2.05, 4.69) is 9.47 Å². The van der Waals surface area contributed by atoms with Gasteiger partial charge in [0.1, 0.15) is 0 Å². The van der Waals surface area contributed by atoms with Gasteiger partial charge in [-0.2, -0.15) is 0 Å². The normalized spacial score (nSPS) is 9.39. The van der Waals surface area contributed by atoms with Crippen LogP contribution in [0.4, 0.5) is 0 Å². The van der Waals surface area contributed by atoms with Crippen molar-refractivity contribution in [1.29, 1.82) is 0 Å². The van der Waals surface area contributed by atoms with Crippen molar-refractivity contribution >= 4 is 23.9 Å². The van der Waals surface area contributed by atoms with Crippen LogP contribution in [0.2, 0.25) is 0 Å². The molecule has 2 aromatic rings. The number of ether oxygens (including phenoxy) is 3. The molecule has 0 amide bonds. The van der Waals surface area contributed by atoms with Gasteiger partial charge in [-0.25, -0.2) is 19.2 Å². The Bertz CT molecular complexity index is 822. The predicted octanol–water partition coefficient (Wildman–Crippen LogP) is 2.82. The van der Waals surface area contributed by atoms with E-state index in [1.807, 2.05) is 0 Å². The van der Waals surface area contributed by atoms with Gasteiger partial charge in [0.2, 0.25) is 0 Å². The molecule has 0 spiro atoms. The van der Waals surface area contributed by atoms with E-state index >= 15 is 0 Å². The third-order valence-electron chi connectivity index (χ3n) is 3.39. The van der Waals surface area contributed by atoms with Crippen LogP contribution in [0.5, 0.6) is 0 Å². The molecule has 0 saturated heterocycles. The van der Waals surface area contributed by atoms with Crippen LogP contribution in [-0.4, -0.2) is 49.8 Å². The number of methoxy groups -OCH3 is 2. The number of aromatic carboxylic acids is 1. The molecule has 28 heavy (non-hydrogen) atoms. The number of carbonyl (C=O) groups is 4. The highest BCUT2D eigenvalue weighted by Crippen LogP contribution is 2.11. The molecule has 1 N–H and O–H groups in total. The lowest BCUT2D eigenvalue weighted by Crippen LogP contribution is -2.11. The van der Waals surface area contributed by atoms with Crippen LogP contribution in [-0.2, 0) is 14.2 Å². The van der Waals surface area contributed by atoms with Crippen molar-refractivity contribution < 1.29 is 38.5 Å². The van der Waals surface area contributed by atoms with Crippen LogP contribution in [0.1, 0.15) is 48.4 Å². The van der Waals surface area contributed by atoms with Crippen molar-refractivity contribution in [3.05, 3.63) is 70.8 Å². The third kappa shape index (κ3) is 5.94. The number of rotatable bonds is 5. The number of carboxylic acid groups (broad SMARTS) is 1. The molecular formula is C20H20O8. The Kier molecular flexibility index (Phi) is 8.88. The number of hydrogen-bond donors (Lipinski definition) is 1. The average molecular weight is 388 g/mol. The smallest absolute Gasteiger partial charge is 0.338 e. The van der Waals surface area contributed by atoms with Crippen LogP contribution in [0.3, 0.4) is 0 Å². The van der Waals surface area contributed by atoms with E-state index in [1.54, 1.807) is 31.2 Å². The first-order valence-electron chi connectivity index (χ1n) is 8.12. The minimum absolute atomic E-state index is 0.0362. The van der Waals surface area contributed by atoms with Gasteiger partial charge in [-0.3, -0.25) is 0 Å². The number of carboxylic acids is 1. The molecular weight excluding hydrogens is 368 g/mol. The Morgan fingerprint density at radius 3 is 1.39 bits per heavy atom. The number of esters is 3. The molecule has 148 valence electrons. The first-order valence-corrected chi connectivity index (χ1v) is 8.12. The molecule has 0 radical (unpaired) electrons. The molecule has 0 fully saturated rings. The first kappa shape index (κ1) is 22.4. The molecule has 2 rings (SSSR count). The quantitative estimate of drug-likeness (QED) is 0.614. The second-order valence-corrected chi connectivity index (χ2v) is 5.10. The van der Waals surface area contributed by atoms with Gasteiger partial charge in [0.15, 0.2) is 0 Å². The van der Waals surface area contributed by atoms with Crippen LogP contribution in [0.15, 0.2) is 48.5 Å². The van der Waals surface area contributed by atoms with Crippen molar-refractivity contribution in [1.82, 2.24) is 0 Å². The summed E-state index contributed by atoms with van der Waals surface area (Å²) in [5.74, 6) is -2.84. The van der Waals surface area contributed by atoms with Crippen LogP contribution in [0, 0.1) is 0 Å². The maximum Gasteiger partial charge on any atom is 0.338 e. The fourth-order valence-corrected chi connectivity index (χ4v) is 2.12. The lowest BCUT2D eigenvalue weighted by atomic mass is 10.1. The minimum Gasteiger partial charge on any atom is -0.478 e. The molecule has 0 bridgehead atoms. The fraction of sp³-hybridized carbons (Fsp3) is 0.200. The summed E-state index contributed by atoms with van der Waals surface area (Å²) in [6.45, 7) is 1.90. The maximum absolute atomic E-state index is 11.3. The summed E-state index contributed by atoms with van der Waals surface area (Å²) in [5, 5.41) is 8.77. The van der Waals surface area contributed by atoms with Crippen molar-refractivity contribution in [3.8, 4) is 0 Å². The van der Waals surface area contributed by atoms with Gasteiger partial charge in [0.25, 0.3) is 0 Å². The highest BCUT2D eigenvalue weighted by atomic mass is 16.5. The topological polar surface area (TPSA) is 116 Å². The second-order valence-electron chi connectivity index (χ2n) is 5.10. The lowest BCUT2D eigenvalue weighted by Gasteiger charge is -2.04. The summed E-state index contributed by atoms with van der Waals surface area (Å²) >= 11 is 0. The summed E-state index contributed by atoms with van der Waals surface area (Å²) in [4.78, 5) is 44.5. The average Bonchev–Trinajstić information content (AvgIpc) is 2.73. The van der Waals surface area contributed by atoms with E-state index in [9.17, 15) is 19.2 Å². The monoisotopic (exact) mass is 388 g/mol. The Labute approximate surface area is 161 Å². The van der Waals surface area contributed by atoms with Gasteiger partial charge < -0.3 is 19.3 Å². The third-order valence-corrected chi connectivity index (χ3v) is 3.39. The SMILES string of the molecule is CCOC(=O)c1ccccc1C(=O)O.COC(=O)c1ccccc1C(=O)OC. The van der Waals surface area contributed by atoms with Gasteiger partial charge in [-0.05, 0) is 31.2 Å². The largest absolute Gasteiger partial charge is 0.478 e. The summed E-state index contributed by atoms with van der Waals surface area (Å²) in [5.41, 5.74) is 0.469. The van der Waals surface area contributed by atoms with Crippen LogP contribution >= 0.6 is 0 Å². The van der Waals surface area contributed by atoms with Gasteiger partial charge in [-0.15, -0.1) is 0 Å². The van der Waals surface area contributed by atoms with Gasteiger partial charge in [0, 0.05) is 0 Å². The van der Waals surface area contributed by atoms with Crippen LogP contribution in [0.25, 0.3) is 0 Å². The van der Waals surface area contributed by atoms with E-state index in [4.69, 9.17) is 9.84 Å². The standard InChI is InChI=1S/2C10H10O4/c1-13-9(11)7-5-3-4-6-8(7)10(12)14-2;1-2-14-10(13)8-6-4-3-5-7(8)9(11)12/h3-6H,1-2H3;3-6H,2H2,1H3,(H,11,12). The van der Waals surface area contributed by atoms with Crippen LogP contribution < -0.4 is 0 Å². The minimum atomic E-state index is -1.13. The van der Waals surface area contributed by atoms with Crippen molar-refractivity contribution in [3.63, 3.8) is 0 Å². The van der Waals surface area contributed by atoms with Gasteiger partial charge in [-0.1, -0.05) is 24.3 Å². The zero-order chi connectivity index (χ0) is 21.1. The summed E-state index contributed by atoms with van der Waals surface area (Å²) < 4.78 is 13.8. The molecule has 0 atom stereocenters. The molecule has 0 aromatic heterocycles. The summed E-state index contributed by atoms with van der Waals surface area (Å²) in [6.07, 6.45) is 0. The lowest BCUT2D eigenvalue weighted by molar-refractivity contribution is 0.0514. The number of carbonyl (C=O) groups excluding carboxylic acids is 3. The highest BCUT2D eigenvalue weighted by molar-refractivity contribution is 6.03. The van der Waals surface area contributed by atoms with Crippen molar-refractivity contribution in [2.45, 2.75) is 6.92 Å². The molecule has 2 aromatic carbocycles. The zero-order valence-corrected chi connectivity index (χ0v) is 15.6. The zero-order valence-electron chi connectivity index (χ0n) is 15.6. The Morgan fingerprint density at radius 2 is 1.07 bits per heavy atom. The summed E-state index contributed by atoms with van der Waals surface area (Å²) in [7, 11) is 2.52. The molecule has 8 nitrogen and oxygen atoms in total. The van der Waals surface area contributed by atoms with E-state index in [0.717, 1.165) is 0 Å². The van der Waals surface area contributed by atoms with Gasteiger partial charge in [0.05, 0.1) is 43.1 Å². The first-order chi connectivity index (χ1) is 13.4. The van der Waals surface area contributed by atoms with Crippen molar-refractivity contribution in [2.24, 2.45) is 0 Å². The Balaban J connectivity index is 0.000000280. The fourth-order valence-electron chi connectivity index (χ4n) is 2.12.